The highest BCUT2D eigenvalue weighted by Crippen LogP contribution is 2.29. The lowest BCUT2D eigenvalue weighted by atomic mass is 9.96. The number of rotatable bonds is 6. The molecule has 0 unspecified atom stereocenters. The smallest absolute Gasteiger partial charge is 0.242 e. The van der Waals surface area contributed by atoms with Crippen LogP contribution in [-0.2, 0) is 16.1 Å². The van der Waals surface area contributed by atoms with E-state index in [0.717, 1.165) is 18.4 Å². The molecular weight excluding hydrogens is 266 g/mol. The van der Waals surface area contributed by atoms with Gasteiger partial charge in [0.15, 0.2) is 0 Å². The van der Waals surface area contributed by atoms with Crippen molar-refractivity contribution in [3.05, 3.63) is 35.9 Å². The first kappa shape index (κ1) is 15.5. The zero-order chi connectivity index (χ0) is 15.3. The molecule has 0 bridgehead atoms. The lowest BCUT2D eigenvalue weighted by Crippen LogP contribution is -2.53. The van der Waals surface area contributed by atoms with E-state index in [1.54, 1.807) is 4.90 Å². The average Bonchev–Trinajstić information content (AvgIpc) is 2.92. The monoisotopic (exact) mass is 289 g/mol. The summed E-state index contributed by atoms with van der Waals surface area (Å²) in [5.74, 6) is -0.469. The van der Waals surface area contributed by atoms with Crippen LogP contribution in [0.2, 0.25) is 0 Å². The molecule has 0 radical (unpaired) electrons. The van der Waals surface area contributed by atoms with Crippen LogP contribution in [0.1, 0.15) is 37.7 Å². The van der Waals surface area contributed by atoms with Crippen LogP contribution in [0.3, 0.4) is 0 Å². The highest BCUT2D eigenvalue weighted by atomic mass is 16.2. The predicted molar refractivity (Wildman–Crippen MR) is 81.1 cm³/mol. The van der Waals surface area contributed by atoms with Crippen molar-refractivity contribution in [2.24, 2.45) is 11.5 Å². The van der Waals surface area contributed by atoms with E-state index in [4.69, 9.17) is 11.5 Å². The molecule has 114 valence electrons. The minimum atomic E-state index is -0.771. The number of primary amides is 1. The lowest BCUT2D eigenvalue weighted by Gasteiger charge is -2.31. The van der Waals surface area contributed by atoms with E-state index in [9.17, 15) is 9.59 Å². The Kier molecular flexibility index (Phi) is 4.96. The topological polar surface area (TPSA) is 89.4 Å². The molecule has 1 aliphatic carbocycles. The average molecular weight is 289 g/mol. The van der Waals surface area contributed by atoms with Gasteiger partial charge >= 0.3 is 0 Å². The van der Waals surface area contributed by atoms with Gasteiger partial charge in [-0.1, -0.05) is 43.2 Å². The molecule has 0 atom stereocenters. The van der Waals surface area contributed by atoms with Gasteiger partial charge in [0.2, 0.25) is 11.8 Å². The van der Waals surface area contributed by atoms with Crippen molar-refractivity contribution in [1.29, 1.82) is 0 Å². The maximum absolute atomic E-state index is 12.7. The highest BCUT2D eigenvalue weighted by molar-refractivity contribution is 5.87. The number of nitrogens with zero attached hydrogens (tertiary/aromatic N) is 1. The molecule has 2 amide bonds. The van der Waals surface area contributed by atoms with Gasteiger partial charge in [-0.25, -0.2) is 0 Å². The molecule has 1 aliphatic rings. The van der Waals surface area contributed by atoms with Crippen molar-refractivity contribution in [2.45, 2.75) is 44.2 Å². The van der Waals surface area contributed by atoms with Crippen molar-refractivity contribution in [2.75, 3.05) is 6.54 Å². The number of hydrogen-bond donors (Lipinski definition) is 2. The van der Waals surface area contributed by atoms with Gasteiger partial charge in [-0.2, -0.15) is 0 Å². The summed E-state index contributed by atoms with van der Waals surface area (Å²) in [6, 6.07) is 9.71. The molecule has 1 saturated carbocycles. The van der Waals surface area contributed by atoms with Crippen molar-refractivity contribution in [1.82, 2.24) is 4.90 Å². The molecular formula is C16H23N3O2. The third-order valence-corrected chi connectivity index (χ3v) is 4.05. The first-order valence-electron chi connectivity index (χ1n) is 7.42. The fourth-order valence-corrected chi connectivity index (χ4v) is 2.84. The summed E-state index contributed by atoms with van der Waals surface area (Å²) < 4.78 is 0. The van der Waals surface area contributed by atoms with Crippen molar-refractivity contribution in [3.8, 4) is 0 Å². The summed E-state index contributed by atoms with van der Waals surface area (Å²) in [4.78, 5) is 25.4. The van der Waals surface area contributed by atoms with Gasteiger partial charge in [0, 0.05) is 19.5 Å². The second-order valence-electron chi connectivity index (χ2n) is 5.79. The summed E-state index contributed by atoms with van der Waals surface area (Å²) in [5, 5.41) is 0. The van der Waals surface area contributed by atoms with Crippen LogP contribution in [0.15, 0.2) is 30.3 Å². The molecule has 0 aliphatic heterocycles. The Hall–Kier alpha value is -1.88. The van der Waals surface area contributed by atoms with E-state index in [-0.39, 0.29) is 12.3 Å². The van der Waals surface area contributed by atoms with Gasteiger partial charge in [0.25, 0.3) is 0 Å². The number of carbonyl (C=O) groups excluding carboxylic acids is 2. The Balaban J connectivity index is 2.11. The highest BCUT2D eigenvalue weighted by Gasteiger charge is 2.39. The molecule has 2 rings (SSSR count). The summed E-state index contributed by atoms with van der Waals surface area (Å²) >= 11 is 0. The number of hydrogen-bond acceptors (Lipinski definition) is 3. The van der Waals surface area contributed by atoms with Crippen LogP contribution in [0.4, 0.5) is 0 Å². The van der Waals surface area contributed by atoms with Gasteiger partial charge in [-0.15, -0.1) is 0 Å². The SMILES string of the molecule is NC(=O)CCN(Cc1ccccc1)C(=O)C1(N)CCCC1. The fourth-order valence-electron chi connectivity index (χ4n) is 2.84. The number of carbonyl (C=O) groups is 2. The molecule has 1 fully saturated rings. The van der Waals surface area contributed by atoms with Crippen LogP contribution in [0, 0.1) is 0 Å². The maximum Gasteiger partial charge on any atom is 0.242 e. The Labute approximate surface area is 125 Å². The van der Waals surface area contributed by atoms with Crippen LogP contribution in [-0.4, -0.2) is 28.8 Å². The summed E-state index contributed by atoms with van der Waals surface area (Å²) in [6.07, 6.45) is 3.56. The minimum absolute atomic E-state index is 0.0647. The zero-order valence-electron chi connectivity index (χ0n) is 12.3. The van der Waals surface area contributed by atoms with E-state index in [0.29, 0.717) is 25.9 Å². The number of benzene rings is 1. The first-order valence-corrected chi connectivity index (χ1v) is 7.42. The van der Waals surface area contributed by atoms with Gasteiger partial charge in [-0.05, 0) is 18.4 Å². The second-order valence-corrected chi connectivity index (χ2v) is 5.79. The van der Waals surface area contributed by atoms with E-state index in [1.165, 1.54) is 0 Å². The molecule has 21 heavy (non-hydrogen) atoms. The van der Waals surface area contributed by atoms with Crippen LogP contribution >= 0.6 is 0 Å². The quantitative estimate of drug-likeness (QED) is 0.823. The lowest BCUT2D eigenvalue weighted by molar-refractivity contribution is -0.137. The number of amides is 2. The van der Waals surface area contributed by atoms with Gasteiger partial charge in [0.1, 0.15) is 0 Å². The van der Waals surface area contributed by atoms with Crippen molar-refractivity contribution >= 4 is 11.8 Å². The van der Waals surface area contributed by atoms with Crippen molar-refractivity contribution in [3.63, 3.8) is 0 Å². The van der Waals surface area contributed by atoms with Gasteiger partial charge in [0.05, 0.1) is 5.54 Å². The normalized spacial score (nSPS) is 16.6. The summed E-state index contributed by atoms with van der Waals surface area (Å²) in [7, 11) is 0. The second kappa shape index (κ2) is 6.72. The Morgan fingerprint density at radius 1 is 1.14 bits per heavy atom. The molecule has 5 nitrogen and oxygen atoms in total. The van der Waals surface area contributed by atoms with Crippen LogP contribution in [0.5, 0.6) is 0 Å². The maximum atomic E-state index is 12.7. The summed E-state index contributed by atoms with van der Waals surface area (Å²) in [5.41, 5.74) is 11.7. The van der Waals surface area contributed by atoms with E-state index in [2.05, 4.69) is 0 Å². The number of nitrogens with two attached hydrogens (primary N) is 2. The molecule has 0 heterocycles. The molecule has 0 saturated heterocycles. The van der Waals surface area contributed by atoms with Gasteiger partial charge in [-0.3, -0.25) is 9.59 Å². The Morgan fingerprint density at radius 3 is 2.33 bits per heavy atom. The minimum Gasteiger partial charge on any atom is -0.370 e. The van der Waals surface area contributed by atoms with Gasteiger partial charge < -0.3 is 16.4 Å². The molecule has 1 aromatic carbocycles. The molecule has 4 N–H and O–H groups in total. The molecule has 5 heteroatoms. The van der Waals surface area contributed by atoms with E-state index >= 15 is 0 Å². The third kappa shape index (κ3) is 4.04. The summed E-state index contributed by atoms with van der Waals surface area (Å²) in [6.45, 7) is 0.786. The first-order chi connectivity index (χ1) is 10.0. The molecule has 0 spiro atoms. The third-order valence-electron chi connectivity index (χ3n) is 4.05. The fraction of sp³-hybridized carbons (Fsp3) is 0.500. The van der Waals surface area contributed by atoms with E-state index < -0.39 is 11.4 Å². The Bertz CT molecular complexity index is 496. The van der Waals surface area contributed by atoms with E-state index in [1.807, 2.05) is 30.3 Å². The largest absolute Gasteiger partial charge is 0.370 e. The van der Waals surface area contributed by atoms with Crippen LogP contribution < -0.4 is 11.5 Å². The standard InChI is InChI=1S/C16H23N3O2/c17-14(20)8-11-19(12-13-6-2-1-3-7-13)15(21)16(18)9-4-5-10-16/h1-3,6-7H,4-5,8-12,18H2,(H2,17,20). The molecule has 0 aromatic heterocycles. The molecule has 1 aromatic rings. The zero-order valence-corrected chi connectivity index (χ0v) is 12.3. The predicted octanol–water partition coefficient (Wildman–Crippen LogP) is 1.16. The Morgan fingerprint density at radius 2 is 1.76 bits per heavy atom. The van der Waals surface area contributed by atoms with Crippen molar-refractivity contribution < 1.29 is 9.59 Å². The van der Waals surface area contributed by atoms with Crippen LogP contribution in [0.25, 0.3) is 0 Å².